The number of benzene rings is 1. The zero-order valence-corrected chi connectivity index (χ0v) is 12.1. The fraction of sp³-hybridized carbons (Fsp3) is 0.188. The zero-order valence-electron chi connectivity index (χ0n) is 12.1. The largest absolute Gasteiger partial charge is 0.459 e. The molecule has 0 aromatic heterocycles. The van der Waals surface area contributed by atoms with Crippen molar-refractivity contribution in [2.24, 2.45) is 0 Å². The third-order valence-electron chi connectivity index (χ3n) is 2.39. The second-order valence-corrected chi connectivity index (χ2v) is 4.20. The summed E-state index contributed by atoms with van der Waals surface area (Å²) in [7, 11) is 0. The average Bonchev–Trinajstić information content (AvgIpc) is 2.50. The normalized spacial score (nSPS) is 10.0. The van der Waals surface area contributed by atoms with Crippen molar-refractivity contribution in [3.05, 3.63) is 48.1 Å². The van der Waals surface area contributed by atoms with Crippen LogP contribution in [0, 0.1) is 0 Å². The summed E-state index contributed by atoms with van der Waals surface area (Å²) in [4.78, 5) is 32.6. The second-order valence-electron chi connectivity index (χ2n) is 4.20. The van der Waals surface area contributed by atoms with E-state index in [4.69, 9.17) is 9.47 Å². The molecule has 0 bridgehead atoms. The maximum Gasteiger partial charge on any atom is 0.333 e. The molecule has 0 fully saturated rings. The van der Waals surface area contributed by atoms with E-state index in [0.29, 0.717) is 12.2 Å². The molecular weight excluding hydrogens is 288 g/mol. The van der Waals surface area contributed by atoms with E-state index in [1.807, 2.05) is 0 Å². The minimum Gasteiger partial charge on any atom is -0.459 e. The zero-order chi connectivity index (χ0) is 16.4. The topological polar surface area (TPSA) is 78.9 Å². The van der Waals surface area contributed by atoms with E-state index in [1.54, 1.807) is 30.3 Å². The monoisotopic (exact) mass is 304 g/mol. The third-order valence-corrected chi connectivity index (χ3v) is 2.39. The molecule has 116 valence electrons. The van der Waals surface area contributed by atoms with Gasteiger partial charge in [0.2, 0.25) is 0 Å². The quantitative estimate of drug-likeness (QED) is 0.316. The molecule has 0 spiro atoms. The Morgan fingerprint density at radius 2 is 1.77 bits per heavy atom. The summed E-state index contributed by atoms with van der Waals surface area (Å²) in [6, 6.07) is 6.54. The smallest absolute Gasteiger partial charge is 0.333 e. The Morgan fingerprint density at radius 3 is 2.36 bits per heavy atom. The van der Waals surface area contributed by atoms with Crippen molar-refractivity contribution in [1.29, 1.82) is 0 Å². The number of rotatable bonds is 8. The minimum absolute atomic E-state index is 0.0248. The van der Waals surface area contributed by atoms with E-state index in [2.05, 4.69) is 11.3 Å². The minimum atomic E-state index is -0.556. The standard InChI is InChI=1S/C16H16O6/c1-12(2)16(19)21-10-9-20-15(18)8-5-13-3-6-14(7-4-13)22-11-17/h3-8,11H,1,9-10H2,2H3/b8-5+. The van der Waals surface area contributed by atoms with Crippen LogP contribution in [0.25, 0.3) is 6.08 Å². The lowest BCUT2D eigenvalue weighted by Crippen LogP contribution is -2.12. The molecule has 1 aromatic carbocycles. The molecule has 0 saturated carbocycles. The number of hydrogen-bond donors (Lipinski definition) is 0. The number of hydrogen-bond acceptors (Lipinski definition) is 6. The second kappa shape index (κ2) is 9.12. The molecule has 0 heterocycles. The Hall–Kier alpha value is -2.89. The van der Waals surface area contributed by atoms with Crippen LogP contribution in [0.1, 0.15) is 12.5 Å². The summed E-state index contributed by atoms with van der Waals surface area (Å²) in [5.74, 6) is -0.669. The van der Waals surface area contributed by atoms with Crippen molar-refractivity contribution in [3.63, 3.8) is 0 Å². The highest BCUT2D eigenvalue weighted by Crippen LogP contribution is 2.12. The molecule has 0 saturated heterocycles. The predicted molar refractivity (Wildman–Crippen MR) is 78.9 cm³/mol. The van der Waals surface area contributed by atoms with Gasteiger partial charge in [-0.1, -0.05) is 18.7 Å². The first kappa shape index (κ1) is 17.2. The Morgan fingerprint density at radius 1 is 1.14 bits per heavy atom. The molecule has 0 N–H and O–H groups in total. The summed E-state index contributed by atoms with van der Waals surface area (Å²) in [5, 5.41) is 0. The summed E-state index contributed by atoms with van der Waals surface area (Å²) < 4.78 is 14.3. The summed E-state index contributed by atoms with van der Waals surface area (Å²) in [6.07, 6.45) is 2.79. The van der Waals surface area contributed by atoms with Crippen molar-refractivity contribution in [2.45, 2.75) is 6.92 Å². The van der Waals surface area contributed by atoms with Crippen molar-refractivity contribution in [3.8, 4) is 5.75 Å². The maximum absolute atomic E-state index is 11.4. The van der Waals surface area contributed by atoms with Gasteiger partial charge < -0.3 is 14.2 Å². The van der Waals surface area contributed by atoms with Gasteiger partial charge in [-0.05, 0) is 30.7 Å². The molecule has 6 heteroatoms. The SMILES string of the molecule is C=C(C)C(=O)OCCOC(=O)/C=C/c1ccc(OC=O)cc1. The molecule has 1 rings (SSSR count). The van der Waals surface area contributed by atoms with Crippen LogP contribution in [-0.2, 0) is 23.9 Å². The molecule has 6 nitrogen and oxygen atoms in total. The summed E-state index contributed by atoms with van der Waals surface area (Å²) in [5.41, 5.74) is 1.03. The fourth-order valence-electron chi connectivity index (χ4n) is 1.33. The van der Waals surface area contributed by atoms with E-state index in [-0.39, 0.29) is 18.8 Å². The van der Waals surface area contributed by atoms with Crippen molar-refractivity contribution in [1.82, 2.24) is 0 Å². The molecule has 0 aliphatic carbocycles. The lowest BCUT2D eigenvalue weighted by Gasteiger charge is -2.04. The lowest BCUT2D eigenvalue weighted by molar-refractivity contribution is -0.146. The van der Waals surface area contributed by atoms with E-state index >= 15 is 0 Å². The molecular formula is C16H16O6. The number of esters is 2. The van der Waals surface area contributed by atoms with Crippen LogP contribution in [0.2, 0.25) is 0 Å². The molecule has 0 unspecified atom stereocenters. The number of ether oxygens (including phenoxy) is 3. The molecule has 0 radical (unpaired) electrons. The van der Waals surface area contributed by atoms with Crippen molar-refractivity contribution < 1.29 is 28.6 Å². The molecule has 1 aromatic rings. The van der Waals surface area contributed by atoms with E-state index in [0.717, 1.165) is 5.56 Å². The Balaban J connectivity index is 2.33. The van der Waals surface area contributed by atoms with Crippen LogP contribution in [0.15, 0.2) is 42.5 Å². The predicted octanol–water partition coefficient (Wildman–Crippen LogP) is 1.90. The lowest BCUT2D eigenvalue weighted by atomic mass is 10.2. The van der Waals surface area contributed by atoms with Crippen LogP contribution < -0.4 is 4.74 Å². The van der Waals surface area contributed by atoms with Gasteiger partial charge in [0.05, 0.1) is 0 Å². The first-order valence-corrected chi connectivity index (χ1v) is 6.40. The van der Waals surface area contributed by atoms with Crippen molar-refractivity contribution >= 4 is 24.5 Å². The van der Waals surface area contributed by atoms with Crippen LogP contribution in [-0.4, -0.2) is 31.6 Å². The summed E-state index contributed by atoms with van der Waals surface area (Å²) in [6.45, 7) is 5.24. The van der Waals surface area contributed by atoms with Gasteiger partial charge in [-0.3, -0.25) is 4.79 Å². The van der Waals surface area contributed by atoms with Crippen LogP contribution in [0.3, 0.4) is 0 Å². The molecule has 0 atom stereocenters. The van der Waals surface area contributed by atoms with Gasteiger partial charge in [0, 0.05) is 11.6 Å². The number of carbonyl (C=O) groups excluding carboxylic acids is 3. The molecule has 0 aliphatic rings. The van der Waals surface area contributed by atoms with Gasteiger partial charge in [-0.25, -0.2) is 9.59 Å². The summed E-state index contributed by atoms with van der Waals surface area (Å²) >= 11 is 0. The maximum atomic E-state index is 11.4. The average molecular weight is 304 g/mol. The molecule has 0 amide bonds. The van der Waals surface area contributed by atoms with Crippen LogP contribution >= 0.6 is 0 Å². The van der Waals surface area contributed by atoms with Gasteiger partial charge in [-0.15, -0.1) is 0 Å². The highest BCUT2D eigenvalue weighted by Gasteiger charge is 2.03. The highest BCUT2D eigenvalue weighted by atomic mass is 16.6. The highest BCUT2D eigenvalue weighted by molar-refractivity contribution is 5.87. The van der Waals surface area contributed by atoms with Crippen LogP contribution in [0.4, 0.5) is 0 Å². The van der Waals surface area contributed by atoms with E-state index in [9.17, 15) is 14.4 Å². The first-order chi connectivity index (χ1) is 10.5. The van der Waals surface area contributed by atoms with Crippen molar-refractivity contribution in [2.75, 3.05) is 13.2 Å². The Bertz CT molecular complexity index is 571. The van der Waals surface area contributed by atoms with Gasteiger partial charge in [0.25, 0.3) is 6.47 Å². The van der Waals surface area contributed by atoms with E-state index in [1.165, 1.54) is 13.0 Å². The van der Waals surface area contributed by atoms with Crippen LogP contribution in [0.5, 0.6) is 5.75 Å². The van der Waals surface area contributed by atoms with Gasteiger partial charge in [0.15, 0.2) is 0 Å². The fourth-order valence-corrected chi connectivity index (χ4v) is 1.33. The Kier molecular flexibility index (Phi) is 7.12. The third kappa shape index (κ3) is 6.51. The number of carbonyl (C=O) groups is 3. The molecule has 0 aliphatic heterocycles. The van der Waals surface area contributed by atoms with Gasteiger partial charge in [0.1, 0.15) is 19.0 Å². The van der Waals surface area contributed by atoms with Gasteiger partial charge in [-0.2, -0.15) is 0 Å². The van der Waals surface area contributed by atoms with Gasteiger partial charge >= 0.3 is 11.9 Å². The Labute approximate surface area is 128 Å². The molecule has 22 heavy (non-hydrogen) atoms. The van der Waals surface area contributed by atoms with E-state index < -0.39 is 11.9 Å². The first-order valence-electron chi connectivity index (χ1n) is 6.40.